The van der Waals surface area contributed by atoms with Crippen LogP contribution in [0.2, 0.25) is 0 Å². The smallest absolute Gasteiger partial charge is 0.259 e. The summed E-state index contributed by atoms with van der Waals surface area (Å²) in [5.41, 5.74) is 2.33. The number of ether oxygens (including phenoxy) is 1. The van der Waals surface area contributed by atoms with Gasteiger partial charge >= 0.3 is 0 Å². The van der Waals surface area contributed by atoms with Crippen LogP contribution in [0.1, 0.15) is 54.9 Å². The SMILES string of the molecule is CC(C)OCC(O)CN(Cc1ccccc1)Cc1nc2sc3c(c2c(=O)[nH]1)CCCCC3. The topological polar surface area (TPSA) is 78.5 Å². The molecule has 3 aromatic rings. The van der Waals surface area contributed by atoms with Crippen LogP contribution in [0.3, 0.4) is 0 Å². The number of benzene rings is 1. The van der Waals surface area contributed by atoms with Crippen molar-refractivity contribution in [3.63, 3.8) is 0 Å². The predicted octanol–water partition coefficient (Wildman–Crippen LogP) is 4.04. The molecule has 0 fully saturated rings. The highest BCUT2D eigenvalue weighted by molar-refractivity contribution is 7.18. The van der Waals surface area contributed by atoms with Gasteiger partial charge in [-0.15, -0.1) is 11.3 Å². The number of nitrogens with zero attached hydrogens (tertiary/aromatic N) is 2. The predicted molar refractivity (Wildman–Crippen MR) is 129 cm³/mol. The molecule has 32 heavy (non-hydrogen) atoms. The Balaban J connectivity index is 1.57. The van der Waals surface area contributed by atoms with E-state index >= 15 is 0 Å². The first kappa shape index (κ1) is 23.1. The molecule has 1 aliphatic carbocycles. The monoisotopic (exact) mass is 455 g/mol. The Bertz CT molecular complexity index is 1080. The lowest BCUT2D eigenvalue weighted by Crippen LogP contribution is -2.35. The van der Waals surface area contributed by atoms with E-state index < -0.39 is 6.10 Å². The molecular formula is C25H33N3O3S. The number of hydrogen-bond donors (Lipinski definition) is 2. The van der Waals surface area contributed by atoms with Gasteiger partial charge in [0.05, 0.1) is 30.7 Å². The number of thiophene rings is 1. The molecule has 4 rings (SSSR count). The molecule has 1 atom stereocenters. The van der Waals surface area contributed by atoms with Crippen molar-refractivity contribution < 1.29 is 9.84 Å². The largest absolute Gasteiger partial charge is 0.389 e. The van der Waals surface area contributed by atoms with Crippen molar-refractivity contribution in [3.8, 4) is 0 Å². The highest BCUT2D eigenvalue weighted by Crippen LogP contribution is 2.32. The molecule has 0 saturated carbocycles. The molecule has 2 heterocycles. The summed E-state index contributed by atoms with van der Waals surface area (Å²) in [5.74, 6) is 0.645. The number of hydrogen-bond acceptors (Lipinski definition) is 6. The molecule has 1 aliphatic rings. The Morgan fingerprint density at radius 1 is 1.16 bits per heavy atom. The summed E-state index contributed by atoms with van der Waals surface area (Å²) in [6.07, 6.45) is 5.03. The lowest BCUT2D eigenvalue weighted by Gasteiger charge is -2.25. The molecule has 0 spiro atoms. The highest BCUT2D eigenvalue weighted by atomic mass is 32.1. The third kappa shape index (κ3) is 5.84. The second kappa shape index (κ2) is 10.7. The van der Waals surface area contributed by atoms with E-state index in [9.17, 15) is 9.90 Å². The molecule has 7 heteroatoms. The van der Waals surface area contributed by atoms with Crippen molar-refractivity contribution in [1.29, 1.82) is 0 Å². The molecule has 2 N–H and O–H groups in total. The molecular weight excluding hydrogens is 422 g/mol. The zero-order valence-corrected chi connectivity index (χ0v) is 19.8. The number of rotatable bonds is 9. The number of nitrogens with one attached hydrogen (secondary N) is 1. The van der Waals surface area contributed by atoms with Gasteiger partial charge in [0.2, 0.25) is 0 Å². The van der Waals surface area contributed by atoms with Gasteiger partial charge in [0.25, 0.3) is 5.56 Å². The second-order valence-corrected chi connectivity index (χ2v) is 10.0. The number of aromatic amines is 1. The summed E-state index contributed by atoms with van der Waals surface area (Å²) in [7, 11) is 0. The number of aromatic nitrogens is 2. The Kier molecular flexibility index (Phi) is 7.73. The zero-order valence-electron chi connectivity index (χ0n) is 19.0. The fraction of sp³-hybridized carbons (Fsp3) is 0.520. The van der Waals surface area contributed by atoms with Gasteiger partial charge < -0.3 is 14.8 Å². The summed E-state index contributed by atoms with van der Waals surface area (Å²) in [6, 6.07) is 10.2. The summed E-state index contributed by atoms with van der Waals surface area (Å²) < 4.78 is 5.59. The minimum Gasteiger partial charge on any atom is -0.389 e. The van der Waals surface area contributed by atoms with Crippen LogP contribution >= 0.6 is 11.3 Å². The third-order valence-corrected chi connectivity index (χ3v) is 7.02. The normalized spacial score (nSPS) is 15.3. The first-order chi connectivity index (χ1) is 15.5. The average molecular weight is 456 g/mol. The average Bonchev–Trinajstić information content (AvgIpc) is 2.94. The van der Waals surface area contributed by atoms with Gasteiger partial charge in [-0.3, -0.25) is 9.69 Å². The summed E-state index contributed by atoms with van der Waals surface area (Å²) in [4.78, 5) is 25.2. The van der Waals surface area contributed by atoms with Crippen molar-refractivity contribution in [2.45, 2.75) is 71.2 Å². The third-order valence-electron chi connectivity index (χ3n) is 5.84. The van der Waals surface area contributed by atoms with E-state index in [1.54, 1.807) is 11.3 Å². The van der Waals surface area contributed by atoms with Gasteiger partial charge in [-0.2, -0.15) is 0 Å². The van der Waals surface area contributed by atoms with Crippen molar-refractivity contribution in [2.24, 2.45) is 0 Å². The maximum atomic E-state index is 13.0. The van der Waals surface area contributed by atoms with Gasteiger partial charge in [0.15, 0.2) is 0 Å². The summed E-state index contributed by atoms with van der Waals surface area (Å²) in [5, 5.41) is 11.3. The Morgan fingerprint density at radius 3 is 2.72 bits per heavy atom. The molecule has 6 nitrogen and oxygen atoms in total. The van der Waals surface area contributed by atoms with Crippen molar-refractivity contribution in [1.82, 2.24) is 14.9 Å². The van der Waals surface area contributed by atoms with Gasteiger partial charge in [0, 0.05) is 18.0 Å². The van der Waals surface area contributed by atoms with Crippen LogP contribution in [0.4, 0.5) is 0 Å². The van der Waals surface area contributed by atoms with Crippen LogP contribution < -0.4 is 5.56 Å². The molecule has 0 radical (unpaired) electrons. The number of aryl methyl sites for hydroxylation is 2. The summed E-state index contributed by atoms with van der Waals surface area (Å²) in [6.45, 7) is 5.75. The molecule has 0 saturated heterocycles. The highest BCUT2D eigenvalue weighted by Gasteiger charge is 2.20. The quantitative estimate of drug-likeness (QED) is 0.476. The van der Waals surface area contributed by atoms with Gasteiger partial charge in [0.1, 0.15) is 10.7 Å². The Hall–Kier alpha value is -2.06. The van der Waals surface area contributed by atoms with E-state index in [0.29, 0.717) is 25.5 Å². The maximum absolute atomic E-state index is 13.0. The number of fused-ring (bicyclic) bond motifs is 3. The Labute approximate surface area is 193 Å². The van der Waals surface area contributed by atoms with Crippen LogP contribution in [-0.4, -0.2) is 45.3 Å². The van der Waals surface area contributed by atoms with Crippen molar-refractivity contribution in [3.05, 3.63) is 62.5 Å². The lowest BCUT2D eigenvalue weighted by molar-refractivity contribution is -0.0109. The number of aliphatic hydroxyl groups excluding tert-OH is 1. The van der Waals surface area contributed by atoms with Crippen LogP contribution in [-0.2, 0) is 30.7 Å². The standard InChI is InChI=1S/C25H33N3O3S/c1-17(2)31-16-19(29)14-28(13-18-9-5-3-6-10-18)15-22-26-24(30)23-20-11-7-4-8-12-21(20)32-25(23)27-22/h3,5-6,9-10,17,19,29H,4,7-8,11-16H2,1-2H3,(H,26,27,30). The van der Waals surface area contributed by atoms with E-state index in [1.807, 2.05) is 32.0 Å². The molecule has 1 aromatic carbocycles. The van der Waals surface area contributed by atoms with Gasteiger partial charge in [-0.25, -0.2) is 4.98 Å². The van der Waals surface area contributed by atoms with Crippen molar-refractivity contribution >= 4 is 21.6 Å². The second-order valence-electron chi connectivity index (χ2n) is 8.95. The molecule has 172 valence electrons. The number of aliphatic hydroxyl groups is 1. The Morgan fingerprint density at radius 2 is 1.94 bits per heavy atom. The molecule has 2 aromatic heterocycles. The van der Waals surface area contributed by atoms with E-state index in [1.165, 1.54) is 23.3 Å². The first-order valence-corrected chi connectivity index (χ1v) is 12.4. The molecule has 1 unspecified atom stereocenters. The fourth-order valence-corrected chi connectivity index (χ4v) is 5.63. The zero-order chi connectivity index (χ0) is 22.5. The van der Waals surface area contributed by atoms with Crippen LogP contribution in [0, 0.1) is 0 Å². The summed E-state index contributed by atoms with van der Waals surface area (Å²) >= 11 is 1.68. The lowest BCUT2D eigenvalue weighted by atomic mass is 10.1. The minimum atomic E-state index is -0.616. The molecule has 0 aliphatic heterocycles. The van der Waals surface area contributed by atoms with E-state index in [-0.39, 0.29) is 18.3 Å². The fourth-order valence-electron chi connectivity index (χ4n) is 4.35. The number of H-pyrrole nitrogens is 1. The van der Waals surface area contributed by atoms with Crippen LogP contribution in [0.5, 0.6) is 0 Å². The van der Waals surface area contributed by atoms with Crippen LogP contribution in [0.15, 0.2) is 35.1 Å². The van der Waals surface area contributed by atoms with E-state index in [4.69, 9.17) is 9.72 Å². The van der Waals surface area contributed by atoms with E-state index in [2.05, 4.69) is 22.0 Å². The van der Waals surface area contributed by atoms with Crippen LogP contribution in [0.25, 0.3) is 10.2 Å². The van der Waals surface area contributed by atoms with Gasteiger partial charge in [-0.1, -0.05) is 36.8 Å². The van der Waals surface area contributed by atoms with Gasteiger partial charge in [-0.05, 0) is 50.7 Å². The molecule has 0 bridgehead atoms. The van der Waals surface area contributed by atoms with Crippen molar-refractivity contribution in [2.75, 3.05) is 13.2 Å². The maximum Gasteiger partial charge on any atom is 0.259 e. The molecule has 0 amide bonds. The minimum absolute atomic E-state index is 0.0345. The first-order valence-electron chi connectivity index (χ1n) is 11.6. The van der Waals surface area contributed by atoms with E-state index in [0.717, 1.165) is 35.0 Å².